The normalized spacial score (nSPS) is 25.7. The van der Waals surface area contributed by atoms with Crippen molar-refractivity contribution in [3.05, 3.63) is 11.7 Å². The molecule has 19 heavy (non-hydrogen) atoms. The molecule has 5 nitrogen and oxygen atoms in total. The van der Waals surface area contributed by atoms with Gasteiger partial charge in [-0.2, -0.15) is 18.2 Å². The maximum Gasteiger partial charge on any atom is 0.404 e. The minimum atomic E-state index is -4.42. The zero-order valence-corrected chi connectivity index (χ0v) is 10.8. The first-order valence-corrected chi connectivity index (χ1v) is 6.09. The number of methoxy groups -OCH3 is 1. The maximum atomic E-state index is 13.3. The number of aromatic nitrogens is 2. The molecule has 2 heterocycles. The third kappa shape index (κ3) is 2.34. The van der Waals surface area contributed by atoms with Crippen molar-refractivity contribution >= 4 is 0 Å². The molecule has 108 valence electrons. The Labute approximate surface area is 108 Å². The number of nitrogens with one attached hydrogen (secondary N) is 1. The molecule has 1 fully saturated rings. The van der Waals surface area contributed by atoms with Crippen molar-refractivity contribution in [2.45, 2.75) is 37.5 Å². The van der Waals surface area contributed by atoms with E-state index in [1.165, 1.54) is 7.11 Å². The van der Waals surface area contributed by atoms with Crippen LogP contribution in [0.3, 0.4) is 0 Å². The summed E-state index contributed by atoms with van der Waals surface area (Å²) in [5.74, 6) is -0.217. The molecule has 0 aliphatic carbocycles. The van der Waals surface area contributed by atoms with Gasteiger partial charge in [-0.15, -0.1) is 0 Å². The van der Waals surface area contributed by atoms with Crippen molar-refractivity contribution in [1.82, 2.24) is 15.5 Å². The highest BCUT2D eigenvalue weighted by Gasteiger charge is 2.61. The van der Waals surface area contributed by atoms with E-state index in [2.05, 4.69) is 15.5 Å². The van der Waals surface area contributed by atoms with E-state index < -0.39 is 17.7 Å². The molecule has 8 heteroatoms. The second-order valence-corrected chi connectivity index (χ2v) is 4.60. The summed E-state index contributed by atoms with van der Waals surface area (Å²) in [5.41, 5.74) is -2.08. The van der Waals surface area contributed by atoms with Crippen LogP contribution in [0.5, 0.6) is 0 Å². The molecule has 0 amide bonds. The van der Waals surface area contributed by atoms with Crippen molar-refractivity contribution < 1.29 is 22.4 Å². The zero-order chi connectivity index (χ0) is 14.1. The van der Waals surface area contributed by atoms with Gasteiger partial charge in [0, 0.05) is 13.7 Å². The fraction of sp³-hybridized carbons (Fsp3) is 0.818. The van der Waals surface area contributed by atoms with Gasteiger partial charge in [0.2, 0.25) is 11.7 Å². The van der Waals surface area contributed by atoms with Crippen molar-refractivity contribution in [2.75, 3.05) is 20.2 Å². The molecular formula is C11H16F3N3O2. The summed E-state index contributed by atoms with van der Waals surface area (Å²) in [7, 11) is 1.46. The van der Waals surface area contributed by atoms with Crippen LogP contribution < -0.4 is 5.32 Å². The van der Waals surface area contributed by atoms with Gasteiger partial charge in [-0.25, -0.2) is 0 Å². The summed E-state index contributed by atoms with van der Waals surface area (Å²) in [6.07, 6.45) is -4.40. The van der Waals surface area contributed by atoms with Crippen molar-refractivity contribution in [1.29, 1.82) is 0 Å². The van der Waals surface area contributed by atoms with Gasteiger partial charge in [-0.05, 0) is 19.4 Å². The molecule has 1 aromatic heterocycles. The Kier molecular flexibility index (Phi) is 3.82. The lowest BCUT2D eigenvalue weighted by Crippen LogP contribution is -2.44. The van der Waals surface area contributed by atoms with Gasteiger partial charge in [0.05, 0.1) is 0 Å². The highest BCUT2D eigenvalue weighted by atomic mass is 19.4. The zero-order valence-electron chi connectivity index (χ0n) is 10.8. The van der Waals surface area contributed by atoms with E-state index in [0.717, 1.165) is 0 Å². The Balaban J connectivity index is 2.34. The lowest BCUT2D eigenvalue weighted by Gasteiger charge is -2.26. The van der Waals surface area contributed by atoms with Crippen LogP contribution >= 0.6 is 0 Å². The van der Waals surface area contributed by atoms with Gasteiger partial charge in [0.25, 0.3) is 0 Å². The Morgan fingerprint density at radius 3 is 2.74 bits per heavy atom. The molecule has 0 saturated carbocycles. The van der Waals surface area contributed by atoms with Crippen molar-refractivity contribution in [3.63, 3.8) is 0 Å². The minimum absolute atomic E-state index is 0.0953. The standard InChI is InChI=1S/C11H16F3N3O2/c1-3-7(18-2)8-16-9(19-17-8)10(11(12,13)14)4-5-15-6-10/h7,15H,3-6H2,1-2H3. The van der Waals surface area contributed by atoms with Crippen molar-refractivity contribution in [2.24, 2.45) is 0 Å². The van der Waals surface area contributed by atoms with Crippen LogP contribution in [0.15, 0.2) is 4.52 Å². The molecule has 1 aromatic rings. The summed E-state index contributed by atoms with van der Waals surface area (Å²) in [6, 6.07) is 0. The average Bonchev–Trinajstić information content (AvgIpc) is 2.98. The van der Waals surface area contributed by atoms with E-state index >= 15 is 0 Å². The Hall–Kier alpha value is -1.15. The molecule has 1 aliphatic rings. The largest absolute Gasteiger partial charge is 0.404 e. The number of hydrogen-bond donors (Lipinski definition) is 1. The number of alkyl halides is 3. The van der Waals surface area contributed by atoms with Crippen LogP contribution in [0.1, 0.15) is 37.6 Å². The molecule has 2 rings (SSSR count). The second-order valence-electron chi connectivity index (χ2n) is 4.60. The van der Waals surface area contributed by atoms with E-state index in [9.17, 15) is 13.2 Å². The van der Waals surface area contributed by atoms with E-state index in [-0.39, 0.29) is 31.2 Å². The number of hydrogen-bond acceptors (Lipinski definition) is 5. The lowest BCUT2D eigenvalue weighted by molar-refractivity contribution is -0.191. The summed E-state index contributed by atoms with van der Waals surface area (Å²) in [5, 5.41) is 6.33. The summed E-state index contributed by atoms with van der Waals surface area (Å²) >= 11 is 0. The van der Waals surface area contributed by atoms with Crippen LogP contribution in [0.25, 0.3) is 0 Å². The van der Waals surface area contributed by atoms with Crippen molar-refractivity contribution in [3.8, 4) is 0 Å². The maximum absolute atomic E-state index is 13.3. The van der Waals surface area contributed by atoms with Gasteiger partial charge >= 0.3 is 6.18 Å². The quantitative estimate of drug-likeness (QED) is 0.913. The van der Waals surface area contributed by atoms with Crippen LogP contribution in [-0.2, 0) is 10.2 Å². The van der Waals surface area contributed by atoms with Crippen LogP contribution in [0, 0.1) is 0 Å². The van der Waals surface area contributed by atoms with Gasteiger partial charge in [0.1, 0.15) is 6.10 Å². The number of rotatable bonds is 4. The molecule has 1 saturated heterocycles. The molecule has 1 N–H and O–H groups in total. The fourth-order valence-corrected chi connectivity index (χ4v) is 2.25. The number of nitrogens with zero attached hydrogens (tertiary/aromatic N) is 2. The van der Waals surface area contributed by atoms with E-state index in [1.807, 2.05) is 6.92 Å². The molecule has 0 spiro atoms. The van der Waals surface area contributed by atoms with Gasteiger partial charge < -0.3 is 14.6 Å². The van der Waals surface area contributed by atoms with Crippen LogP contribution in [-0.4, -0.2) is 36.5 Å². The topological polar surface area (TPSA) is 60.2 Å². The molecule has 1 aliphatic heterocycles. The Bertz CT molecular complexity index is 423. The molecule has 2 atom stereocenters. The lowest BCUT2D eigenvalue weighted by atomic mass is 9.86. The van der Waals surface area contributed by atoms with E-state index in [4.69, 9.17) is 9.26 Å². The smallest absolute Gasteiger partial charge is 0.373 e. The summed E-state index contributed by atoms with van der Waals surface area (Å²) in [6.45, 7) is 1.88. The summed E-state index contributed by atoms with van der Waals surface area (Å²) < 4.78 is 49.8. The van der Waals surface area contributed by atoms with Crippen LogP contribution in [0.4, 0.5) is 13.2 Å². The van der Waals surface area contributed by atoms with Gasteiger partial charge in [-0.1, -0.05) is 12.1 Å². The minimum Gasteiger partial charge on any atom is -0.373 e. The molecular weight excluding hydrogens is 263 g/mol. The van der Waals surface area contributed by atoms with E-state index in [1.54, 1.807) is 0 Å². The first kappa shape index (κ1) is 14.3. The predicted octanol–water partition coefficient (Wildman–Crippen LogP) is 1.96. The summed E-state index contributed by atoms with van der Waals surface area (Å²) in [4.78, 5) is 3.91. The Morgan fingerprint density at radius 1 is 1.53 bits per heavy atom. The Morgan fingerprint density at radius 2 is 2.26 bits per heavy atom. The van der Waals surface area contributed by atoms with Crippen LogP contribution in [0.2, 0.25) is 0 Å². The average molecular weight is 279 g/mol. The first-order chi connectivity index (χ1) is 8.94. The monoisotopic (exact) mass is 279 g/mol. The molecule has 0 aromatic carbocycles. The van der Waals surface area contributed by atoms with E-state index in [0.29, 0.717) is 6.42 Å². The molecule has 0 radical (unpaired) electrons. The van der Waals surface area contributed by atoms with Gasteiger partial charge in [-0.3, -0.25) is 0 Å². The third-order valence-corrected chi connectivity index (χ3v) is 3.49. The fourth-order valence-electron chi connectivity index (χ4n) is 2.25. The number of halogens is 3. The molecule has 2 unspecified atom stereocenters. The second kappa shape index (κ2) is 5.09. The third-order valence-electron chi connectivity index (χ3n) is 3.49. The number of ether oxygens (including phenoxy) is 1. The molecule has 0 bridgehead atoms. The van der Waals surface area contributed by atoms with Gasteiger partial charge in [0.15, 0.2) is 5.41 Å². The highest BCUT2D eigenvalue weighted by molar-refractivity contribution is 5.14. The SMILES string of the molecule is CCC(OC)c1noc(C2(C(F)(F)F)CCNC2)n1. The highest BCUT2D eigenvalue weighted by Crippen LogP contribution is 2.44. The predicted molar refractivity (Wildman–Crippen MR) is 59.6 cm³/mol. The first-order valence-electron chi connectivity index (χ1n) is 6.09.